The van der Waals surface area contributed by atoms with Crippen LogP contribution in [0, 0.1) is 0 Å². The van der Waals surface area contributed by atoms with Gasteiger partial charge in [-0.15, -0.1) is 0 Å². The maximum absolute atomic E-state index is 11.2. The molecular formula is C16H32O5. The van der Waals surface area contributed by atoms with Gasteiger partial charge in [-0.25, -0.2) is 0 Å². The Kier molecular flexibility index (Phi) is 15.2. The third kappa shape index (κ3) is 17.3. The molecule has 0 N–H and O–H groups in total. The minimum Gasteiger partial charge on any atom is -0.463 e. The summed E-state index contributed by atoms with van der Waals surface area (Å²) in [4.78, 5) is 11.2. The lowest BCUT2D eigenvalue weighted by molar-refractivity contribution is -0.147. The molecule has 0 heterocycles. The summed E-state index contributed by atoms with van der Waals surface area (Å²) >= 11 is 0. The van der Waals surface area contributed by atoms with Crippen molar-refractivity contribution in [1.82, 2.24) is 0 Å². The van der Waals surface area contributed by atoms with Gasteiger partial charge in [-0.1, -0.05) is 19.8 Å². The van der Waals surface area contributed by atoms with Crippen molar-refractivity contribution in [1.29, 1.82) is 0 Å². The molecule has 5 nitrogen and oxygen atoms in total. The van der Waals surface area contributed by atoms with Crippen molar-refractivity contribution >= 4 is 5.97 Å². The fourth-order valence-corrected chi connectivity index (χ4v) is 1.64. The normalized spacial score (nSPS) is 11.0. The zero-order valence-corrected chi connectivity index (χ0v) is 13.9. The van der Waals surface area contributed by atoms with Crippen LogP contribution < -0.4 is 0 Å². The third-order valence-electron chi connectivity index (χ3n) is 2.67. The molecule has 0 aliphatic heterocycles. The Hall–Kier alpha value is -0.650. The minimum absolute atomic E-state index is 0.0454. The van der Waals surface area contributed by atoms with Crippen molar-refractivity contribution in [3.8, 4) is 0 Å². The quantitative estimate of drug-likeness (QED) is 0.344. The highest BCUT2D eigenvalue weighted by atomic mass is 16.5. The number of esters is 1. The number of ether oxygens (including phenoxy) is 4. The second-order valence-electron chi connectivity index (χ2n) is 5.19. The van der Waals surface area contributed by atoms with Gasteiger partial charge in [0.15, 0.2) is 0 Å². The molecule has 0 spiro atoms. The first-order chi connectivity index (χ1) is 10.2. The molecule has 0 atom stereocenters. The van der Waals surface area contributed by atoms with Gasteiger partial charge in [0.05, 0.1) is 32.5 Å². The number of hydrogen-bond acceptors (Lipinski definition) is 5. The largest absolute Gasteiger partial charge is 0.463 e. The molecule has 0 fully saturated rings. The van der Waals surface area contributed by atoms with E-state index in [1.807, 2.05) is 13.8 Å². The smallest absolute Gasteiger partial charge is 0.306 e. The van der Waals surface area contributed by atoms with Crippen molar-refractivity contribution < 1.29 is 23.7 Å². The summed E-state index contributed by atoms with van der Waals surface area (Å²) in [6, 6.07) is 0. The topological polar surface area (TPSA) is 54.0 Å². The molecule has 126 valence electrons. The van der Waals surface area contributed by atoms with E-state index in [4.69, 9.17) is 18.9 Å². The first-order valence-electron chi connectivity index (χ1n) is 8.09. The van der Waals surface area contributed by atoms with Gasteiger partial charge in [0, 0.05) is 19.6 Å². The van der Waals surface area contributed by atoms with Crippen molar-refractivity contribution in [2.24, 2.45) is 0 Å². The molecule has 0 aromatic heterocycles. The Balaban J connectivity index is 3.07. The van der Waals surface area contributed by atoms with E-state index in [-0.39, 0.29) is 12.1 Å². The van der Waals surface area contributed by atoms with Crippen LogP contribution in [0.1, 0.15) is 52.9 Å². The van der Waals surface area contributed by atoms with Gasteiger partial charge < -0.3 is 18.9 Å². The fraction of sp³-hybridized carbons (Fsp3) is 0.938. The highest BCUT2D eigenvalue weighted by Crippen LogP contribution is 1.97. The Labute approximate surface area is 129 Å². The van der Waals surface area contributed by atoms with E-state index in [9.17, 15) is 4.79 Å². The Morgan fingerprint density at radius 3 is 1.86 bits per heavy atom. The molecular weight excluding hydrogens is 272 g/mol. The molecule has 21 heavy (non-hydrogen) atoms. The predicted octanol–water partition coefficient (Wildman–Crippen LogP) is 2.96. The molecule has 5 heteroatoms. The predicted molar refractivity (Wildman–Crippen MR) is 82.4 cm³/mol. The van der Waals surface area contributed by atoms with Gasteiger partial charge in [0.25, 0.3) is 0 Å². The van der Waals surface area contributed by atoms with E-state index in [0.29, 0.717) is 45.9 Å². The van der Waals surface area contributed by atoms with Gasteiger partial charge in [0.2, 0.25) is 0 Å². The summed E-state index contributed by atoms with van der Waals surface area (Å²) < 4.78 is 21.2. The monoisotopic (exact) mass is 304 g/mol. The van der Waals surface area contributed by atoms with E-state index in [2.05, 4.69) is 6.92 Å². The summed E-state index contributed by atoms with van der Waals surface area (Å²) in [6.45, 7) is 9.62. The number of hydrogen-bond donors (Lipinski definition) is 0. The molecule has 0 rings (SSSR count). The van der Waals surface area contributed by atoms with Crippen LogP contribution in [0.5, 0.6) is 0 Å². The van der Waals surface area contributed by atoms with E-state index >= 15 is 0 Å². The SMILES string of the molecule is CCCCCOCCOCCOCCCC(=O)OC(C)C. The second kappa shape index (κ2) is 15.7. The van der Waals surface area contributed by atoms with Crippen molar-refractivity contribution in [2.75, 3.05) is 39.6 Å². The highest BCUT2D eigenvalue weighted by Gasteiger charge is 2.04. The highest BCUT2D eigenvalue weighted by molar-refractivity contribution is 5.69. The maximum atomic E-state index is 11.2. The van der Waals surface area contributed by atoms with Crippen LogP contribution >= 0.6 is 0 Å². The molecule has 0 bridgehead atoms. The van der Waals surface area contributed by atoms with Crippen molar-refractivity contribution in [2.45, 2.75) is 59.0 Å². The van der Waals surface area contributed by atoms with Gasteiger partial charge in [0.1, 0.15) is 0 Å². The lowest BCUT2D eigenvalue weighted by atomic mass is 10.3. The van der Waals surface area contributed by atoms with E-state index < -0.39 is 0 Å². The van der Waals surface area contributed by atoms with E-state index in [0.717, 1.165) is 13.0 Å². The Morgan fingerprint density at radius 2 is 1.33 bits per heavy atom. The molecule has 0 aromatic rings. The first-order valence-corrected chi connectivity index (χ1v) is 8.09. The first kappa shape index (κ1) is 20.3. The minimum atomic E-state index is -0.162. The number of carbonyl (C=O) groups excluding carboxylic acids is 1. The lowest BCUT2D eigenvalue weighted by Gasteiger charge is -2.08. The lowest BCUT2D eigenvalue weighted by Crippen LogP contribution is -2.13. The molecule has 0 aromatic carbocycles. The van der Waals surface area contributed by atoms with Crippen LogP contribution in [0.3, 0.4) is 0 Å². The summed E-state index contributed by atoms with van der Waals surface area (Å²) in [5.74, 6) is -0.162. The molecule has 0 unspecified atom stereocenters. The number of unbranched alkanes of at least 4 members (excludes halogenated alkanes) is 2. The standard InChI is InChI=1S/C16H32O5/c1-4-5-6-9-18-11-13-20-14-12-19-10-7-8-16(17)21-15(2)3/h15H,4-14H2,1-3H3. The molecule has 0 amide bonds. The number of carbonyl (C=O) groups is 1. The van der Waals surface area contributed by atoms with Crippen molar-refractivity contribution in [3.63, 3.8) is 0 Å². The zero-order chi connectivity index (χ0) is 15.8. The zero-order valence-electron chi connectivity index (χ0n) is 13.9. The summed E-state index contributed by atoms with van der Waals surface area (Å²) in [5, 5.41) is 0. The second-order valence-corrected chi connectivity index (χ2v) is 5.19. The fourth-order valence-electron chi connectivity index (χ4n) is 1.64. The molecule has 0 radical (unpaired) electrons. The van der Waals surface area contributed by atoms with Crippen LogP contribution in [-0.2, 0) is 23.7 Å². The molecule has 0 aliphatic carbocycles. The van der Waals surface area contributed by atoms with Gasteiger partial charge >= 0.3 is 5.97 Å². The third-order valence-corrected chi connectivity index (χ3v) is 2.67. The molecule has 0 saturated heterocycles. The number of rotatable bonds is 15. The van der Waals surface area contributed by atoms with Gasteiger partial charge in [-0.05, 0) is 26.7 Å². The Bertz CT molecular complexity index is 231. The van der Waals surface area contributed by atoms with Gasteiger partial charge in [-0.2, -0.15) is 0 Å². The van der Waals surface area contributed by atoms with Crippen LogP contribution in [0.2, 0.25) is 0 Å². The van der Waals surface area contributed by atoms with Crippen LogP contribution in [0.15, 0.2) is 0 Å². The average Bonchev–Trinajstić information content (AvgIpc) is 2.43. The summed E-state index contributed by atoms with van der Waals surface area (Å²) in [7, 11) is 0. The molecule has 0 aliphatic rings. The molecule has 0 saturated carbocycles. The summed E-state index contributed by atoms with van der Waals surface area (Å²) in [5.41, 5.74) is 0. The van der Waals surface area contributed by atoms with Crippen LogP contribution in [-0.4, -0.2) is 51.7 Å². The maximum Gasteiger partial charge on any atom is 0.306 e. The van der Waals surface area contributed by atoms with E-state index in [1.54, 1.807) is 0 Å². The van der Waals surface area contributed by atoms with E-state index in [1.165, 1.54) is 12.8 Å². The van der Waals surface area contributed by atoms with Crippen LogP contribution in [0.4, 0.5) is 0 Å². The van der Waals surface area contributed by atoms with Gasteiger partial charge in [-0.3, -0.25) is 4.79 Å². The van der Waals surface area contributed by atoms with Crippen LogP contribution in [0.25, 0.3) is 0 Å². The van der Waals surface area contributed by atoms with Crippen molar-refractivity contribution in [3.05, 3.63) is 0 Å². The average molecular weight is 304 g/mol. The summed E-state index contributed by atoms with van der Waals surface area (Å²) in [6.07, 6.45) is 4.61. The Morgan fingerprint density at radius 1 is 0.810 bits per heavy atom.